The van der Waals surface area contributed by atoms with Gasteiger partial charge in [-0.25, -0.2) is 0 Å². The van der Waals surface area contributed by atoms with Crippen molar-refractivity contribution in [2.24, 2.45) is 0 Å². The first kappa shape index (κ1) is 21.2. The molecular formula is C22H18ClN5O4S. The lowest BCUT2D eigenvalue weighted by Crippen LogP contribution is -2.48. The van der Waals surface area contributed by atoms with Crippen LogP contribution in [0.25, 0.3) is 5.69 Å². The number of hydrogen-bond donors (Lipinski definition) is 2. The number of imide groups is 1. The van der Waals surface area contributed by atoms with Crippen LogP contribution in [0.3, 0.4) is 0 Å². The maximum atomic E-state index is 12.6. The van der Waals surface area contributed by atoms with Gasteiger partial charge in [-0.15, -0.1) is 11.3 Å². The molecule has 0 saturated carbocycles. The van der Waals surface area contributed by atoms with Crippen molar-refractivity contribution < 1.29 is 14.4 Å². The number of carbonyl (C=O) groups is 3. The molecule has 2 aliphatic rings. The maximum Gasteiger partial charge on any atom is 0.264 e. The van der Waals surface area contributed by atoms with E-state index in [1.165, 1.54) is 11.3 Å². The number of hydrogen-bond acceptors (Lipinski definition) is 7. The number of nitrogens with two attached hydrogens (primary N) is 1. The first-order chi connectivity index (χ1) is 15.8. The van der Waals surface area contributed by atoms with Crippen molar-refractivity contribution in [1.82, 2.24) is 14.8 Å². The van der Waals surface area contributed by atoms with Crippen molar-refractivity contribution in [2.75, 3.05) is 36.8 Å². The molecule has 3 amide bonds. The molecule has 0 aliphatic carbocycles. The van der Waals surface area contributed by atoms with Crippen LogP contribution in [0, 0.1) is 0 Å². The van der Waals surface area contributed by atoms with Crippen LogP contribution in [0.2, 0.25) is 5.02 Å². The van der Waals surface area contributed by atoms with Crippen molar-refractivity contribution >= 4 is 52.2 Å². The molecule has 9 nitrogen and oxygen atoms in total. The third-order valence-electron chi connectivity index (χ3n) is 5.78. The van der Waals surface area contributed by atoms with Gasteiger partial charge >= 0.3 is 0 Å². The minimum absolute atomic E-state index is 0.0219. The number of nitrogens with zero attached hydrogens (tertiary/aromatic N) is 3. The first-order valence-corrected chi connectivity index (χ1v) is 11.4. The Kier molecular flexibility index (Phi) is 5.18. The molecule has 3 N–H and O–H groups in total. The van der Waals surface area contributed by atoms with E-state index in [2.05, 4.69) is 10.2 Å². The number of halogens is 1. The van der Waals surface area contributed by atoms with Gasteiger partial charge in [0.25, 0.3) is 23.3 Å². The summed E-state index contributed by atoms with van der Waals surface area (Å²) in [4.78, 5) is 53.8. The molecule has 5 rings (SSSR count). The number of amides is 3. The van der Waals surface area contributed by atoms with E-state index in [-0.39, 0.29) is 22.9 Å². The Morgan fingerprint density at radius 2 is 1.79 bits per heavy atom. The summed E-state index contributed by atoms with van der Waals surface area (Å²) in [6.07, 6.45) is 0. The van der Waals surface area contributed by atoms with E-state index in [0.29, 0.717) is 36.9 Å². The normalized spacial score (nSPS) is 15.5. The Labute approximate surface area is 197 Å². The lowest BCUT2D eigenvalue weighted by Gasteiger charge is -2.36. The summed E-state index contributed by atoms with van der Waals surface area (Å²) in [5, 5.41) is 4.43. The number of nitrogen functional groups attached to an aromatic ring is 1. The topological polar surface area (TPSA) is 118 Å². The van der Waals surface area contributed by atoms with E-state index in [9.17, 15) is 19.2 Å². The second kappa shape index (κ2) is 8.05. The minimum atomic E-state index is -0.643. The van der Waals surface area contributed by atoms with Crippen LogP contribution in [-0.2, 0) is 0 Å². The molecule has 1 aromatic carbocycles. The van der Waals surface area contributed by atoms with Crippen molar-refractivity contribution in [3.8, 4) is 5.69 Å². The van der Waals surface area contributed by atoms with Crippen LogP contribution in [0.1, 0.15) is 30.4 Å². The fourth-order valence-corrected chi connectivity index (χ4v) is 5.13. The van der Waals surface area contributed by atoms with Crippen molar-refractivity contribution in [3.05, 3.63) is 73.2 Å². The largest absolute Gasteiger partial charge is 0.384 e. The molecule has 0 atom stereocenters. The van der Waals surface area contributed by atoms with Gasteiger partial charge in [-0.2, -0.15) is 0 Å². The molecule has 1 fully saturated rings. The monoisotopic (exact) mass is 483 g/mol. The van der Waals surface area contributed by atoms with Crippen LogP contribution in [0.5, 0.6) is 0 Å². The molecule has 0 bridgehead atoms. The summed E-state index contributed by atoms with van der Waals surface area (Å²) in [6.45, 7) is 2.35. The van der Waals surface area contributed by atoms with Crippen LogP contribution >= 0.6 is 22.9 Å². The fourth-order valence-electron chi connectivity index (χ4n) is 4.14. The highest BCUT2D eigenvalue weighted by atomic mass is 35.5. The molecule has 1 saturated heterocycles. The van der Waals surface area contributed by atoms with E-state index >= 15 is 0 Å². The summed E-state index contributed by atoms with van der Waals surface area (Å²) >= 11 is 7.98. The Morgan fingerprint density at radius 3 is 2.45 bits per heavy atom. The van der Waals surface area contributed by atoms with Crippen molar-refractivity contribution in [2.45, 2.75) is 0 Å². The average molecular weight is 484 g/mol. The number of piperazine rings is 1. The predicted octanol–water partition coefficient (Wildman–Crippen LogP) is 1.98. The minimum Gasteiger partial charge on any atom is -0.384 e. The van der Waals surface area contributed by atoms with Gasteiger partial charge in [-0.3, -0.25) is 29.1 Å². The zero-order valence-corrected chi connectivity index (χ0v) is 18.8. The first-order valence-electron chi connectivity index (χ1n) is 10.1. The molecule has 2 aliphatic heterocycles. The van der Waals surface area contributed by atoms with E-state index in [1.54, 1.807) is 18.2 Å². The summed E-state index contributed by atoms with van der Waals surface area (Å²) in [5.41, 5.74) is 6.65. The van der Waals surface area contributed by atoms with Crippen molar-refractivity contribution in [1.29, 1.82) is 0 Å². The van der Waals surface area contributed by atoms with Crippen LogP contribution < -0.4 is 21.5 Å². The molecule has 33 heavy (non-hydrogen) atoms. The standard InChI is InChI=1S/C22H18ClN5O4S/c23-14-10-12(28-17(29)11-13-18(19(28)24)21(31)25-20(13)30)3-4-15(14)26-5-7-27(8-6-26)22(32)16-2-1-9-33-16/h1-4,9-11H,5-8,24H2,(H,25,30,31). The summed E-state index contributed by atoms with van der Waals surface area (Å²) in [6, 6.07) is 9.83. The van der Waals surface area contributed by atoms with Gasteiger partial charge < -0.3 is 15.5 Å². The Bertz CT molecular complexity index is 1360. The third kappa shape index (κ3) is 3.57. The quantitative estimate of drug-likeness (QED) is 0.550. The number of pyridine rings is 1. The van der Waals surface area contributed by atoms with Crippen molar-refractivity contribution in [3.63, 3.8) is 0 Å². The number of thiophene rings is 1. The molecule has 4 heterocycles. The SMILES string of the molecule is Nc1c2c(cc(=O)n1-c1ccc(N3CCN(C(=O)c4cccs4)CC3)c(Cl)c1)C(=O)NC2=O. The molecule has 3 aromatic rings. The van der Waals surface area contributed by atoms with Crippen LogP contribution in [0.4, 0.5) is 11.5 Å². The van der Waals surface area contributed by atoms with E-state index in [0.717, 1.165) is 21.2 Å². The van der Waals surface area contributed by atoms with Crippen LogP contribution in [0.15, 0.2) is 46.6 Å². The Hall–Kier alpha value is -3.63. The lowest BCUT2D eigenvalue weighted by atomic mass is 10.1. The fraction of sp³-hybridized carbons (Fsp3) is 0.182. The average Bonchev–Trinajstić information content (AvgIpc) is 3.42. The zero-order valence-electron chi connectivity index (χ0n) is 17.2. The van der Waals surface area contributed by atoms with Gasteiger partial charge in [-0.1, -0.05) is 17.7 Å². The predicted molar refractivity (Wildman–Crippen MR) is 126 cm³/mol. The third-order valence-corrected chi connectivity index (χ3v) is 6.94. The molecule has 11 heteroatoms. The number of nitrogens with one attached hydrogen (secondary N) is 1. The van der Waals surface area contributed by atoms with E-state index in [1.807, 2.05) is 22.4 Å². The highest BCUT2D eigenvalue weighted by Gasteiger charge is 2.32. The highest BCUT2D eigenvalue weighted by molar-refractivity contribution is 7.12. The number of carbonyl (C=O) groups excluding carboxylic acids is 3. The van der Waals surface area contributed by atoms with E-state index in [4.69, 9.17) is 17.3 Å². The second-order valence-electron chi connectivity index (χ2n) is 7.67. The van der Waals surface area contributed by atoms with Crippen LogP contribution in [-0.4, -0.2) is 53.4 Å². The van der Waals surface area contributed by atoms with Gasteiger partial charge in [0.1, 0.15) is 5.82 Å². The van der Waals surface area contributed by atoms with Gasteiger partial charge in [0.2, 0.25) is 0 Å². The van der Waals surface area contributed by atoms with Gasteiger partial charge in [-0.05, 0) is 29.6 Å². The van der Waals surface area contributed by atoms with E-state index < -0.39 is 17.4 Å². The van der Waals surface area contributed by atoms with Gasteiger partial charge in [0.05, 0.1) is 32.4 Å². The molecule has 2 aromatic heterocycles. The Morgan fingerprint density at radius 1 is 1.03 bits per heavy atom. The number of fused-ring (bicyclic) bond motifs is 1. The zero-order chi connectivity index (χ0) is 23.3. The summed E-state index contributed by atoms with van der Waals surface area (Å²) < 4.78 is 1.16. The summed E-state index contributed by atoms with van der Waals surface area (Å²) in [5.74, 6) is -1.37. The lowest BCUT2D eigenvalue weighted by molar-refractivity contribution is 0.0750. The molecule has 168 valence electrons. The summed E-state index contributed by atoms with van der Waals surface area (Å²) in [7, 11) is 0. The number of benzene rings is 1. The van der Waals surface area contributed by atoms with Gasteiger partial charge in [0, 0.05) is 32.2 Å². The van der Waals surface area contributed by atoms with Gasteiger partial charge in [0.15, 0.2) is 0 Å². The second-order valence-corrected chi connectivity index (χ2v) is 9.02. The Balaban J connectivity index is 1.39. The number of rotatable bonds is 3. The highest BCUT2D eigenvalue weighted by Crippen LogP contribution is 2.31. The smallest absolute Gasteiger partial charge is 0.264 e. The molecule has 0 unspecified atom stereocenters. The molecule has 0 spiro atoms. The molecule has 0 radical (unpaired) electrons. The number of aromatic nitrogens is 1. The number of anilines is 2. The maximum absolute atomic E-state index is 12.6. The molecular weight excluding hydrogens is 466 g/mol.